The van der Waals surface area contributed by atoms with Gasteiger partial charge in [-0.25, -0.2) is 8.42 Å². The first-order valence-electron chi connectivity index (χ1n) is 5.99. The molecule has 0 unspecified atom stereocenters. The molecule has 0 saturated carbocycles. The van der Waals surface area contributed by atoms with E-state index in [-0.39, 0.29) is 9.64 Å². The molecule has 1 aliphatic rings. The summed E-state index contributed by atoms with van der Waals surface area (Å²) in [7, 11) is -3.45. The number of hydrogen-bond acceptors (Lipinski definition) is 4. The fraction of sp³-hybridized carbons (Fsp3) is 0.462. The van der Waals surface area contributed by atoms with Crippen molar-refractivity contribution in [1.29, 1.82) is 5.26 Å². The molecule has 1 heterocycles. The number of thioether (sulfide) groups is 1. The van der Waals surface area contributed by atoms with Gasteiger partial charge in [-0.3, -0.25) is 0 Å². The summed E-state index contributed by atoms with van der Waals surface area (Å²) in [6.07, 6.45) is 0. The molecule has 102 valence electrons. The Kier molecular flexibility index (Phi) is 3.90. The van der Waals surface area contributed by atoms with E-state index >= 15 is 0 Å². The molecule has 0 radical (unpaired) electrons. The lowest BCUT2D eigenvalue weighted by Crippen LogP contribution is -2.46. The van der Waals surface area contributed by atoms with Gasteiger partial charge >= 0.3 is 0 Å². The van der Waals surface area contributed by atoms with E-state index in [0.717, 1.165) is 5.75 Å². The predicted octanol–water partition coefficient (Wildman–Crippen LogP) is 2.07. The van der Waals surface area contributed by atoms with Crippen LogP contribution >= 0.6 is 11.8 Å². The number of nitrogens with zero attached hydrogens (tertiary/aromatic N) is 2. The first kappa shape index (κ1) is 14.4. The number of benzene rings is 1. The molecular weight excluding hydrogens is 280 g/mol. The fourth-order valence-electron chi connectivity index (χ4n) is 2.03. The summed E-state index contributed by atoms with van der Waals surface area (Å²) in [5, 5.41) is 8.74. The van der Waals surface area contributed by atoms with Crippen molar-refractivity contribution in [2.45, 2.75) is 23.5 Å². The van der Waals surface area contributed by atoms with Crippen molar-refractivity contribution in [3.8, 4) is 6.07 Å². The Labute approximate surface area is 118 Å². The van der Waals surface area contributed by atoms with E-state index in [1.807, 2.05) is 6.07 Å². The molecule has 4 nitrogen and oxygen atoms in total. The summed E-state index contributed by atoms with van der Waals surface area (Å²) in [6.45, 7) is 5.16. The van der Waals surface area contributed by atoms with Crippen LogP contribution in [0.4, 0.5) is 0 Å². The molecule has 0 amide bonds. The standard InChI is InChI=1S/C13H16N2O2S2/c1-13(2)10-15(7-8-18-13)19(16,17)12-5-3-11(9-14)4-6-12/h3-6H,7-8,10H2,1-2H3. The third-order valence-corrected chi connectivity index (χ3v) is 6.17. The Morgan fingerprint density at radius 1 is 1.32 bits per heavy atom. The van der Waals surface area contributed by atoms with Gasteiger partial charge in [-0.15, -0.1) is 0 Å². The van der Waals surface area contributed by atoms with Crippen molar-refractivity contribution in [3.05, 3.63) is 29.8 Å². The van der Waals surface area contributed by atoms with Crippen LogP contribution in [0.3, 0.4) is 0 Å². The molecule has 1 fully saturated rings. The van der Waals surface area contributed by atoms with Crippen LogP contribution in [-0.2, 0) is 10.0 Å². The SMILES string of the molecule is CC1(C)CN(S(=O)(=O)c2ccc(C#N)cc2)CCS1. The predicted molar refractivity (Wildman–Crippen MR) is 76.5 cm³/mol. The fourth-order valence-corrected chi connectivity index (χ4v) is 4.94. The molecule has 0 aliphatic carbocycles. The van der Waals surface area contributed by atoms with Gasteiger partial charge in [0, 0.05) is 23.6 Å². The molecule has 1 aromatic rings. The minimum atomic E-state index is -3.45. The highest BCUT2D eigenvalue weighted by atomic mass is 32.2. The van der Waals surface area contributed by atoms with Crippen molar-refractivity contribution >= 4 is 21.8 Å². The molecule has 0 aromatic heterocycles. The molecule has 0 N–H and O–H groups in total. The maximum atomic E-state index is 12.5. The van der Waals surface area contributed by atoms with Gasteiger partial charge in [0.25, 0.3) is 0 Å². The molecule has 1 aromatic carbocycles. The van der Waals surface area contributed by atoms with E-state index in [1.54, 1.807) is 11.8 Å². The van der Waals surface area contributed by atoms with Gasteiger partial charge in [0.1, 0.15) is 0 Å². The molecular formula is C13H16N2O2S2. The highest BCUT2D eigenvalue weighted by Gasteiger charge is 2.34. The highest BCUT2D eigenvalue weighted by molar-refractivity contribution is 8.00. The Bertz CT molecular complexity index is 601. The summed E-state index contributed by atoms with van der Waals surface area (Å²) < 4.78 is 26.5. The van der Waals surface area contributed by atoms with Crippen molar-refractivity contribution in [2.75, 3.05) is 18.8 Å². The van der Waals surface area contributed by atoms with Crippen molar-refractivity contribution in [2.24, 2.45) is 0 Å². The molecule has 0 bridgehead atoms. The molecule has 6 heteroatoms. The third kappa shape index (κ3) is 3.11. The summed E-state index contributed by atoms with van der Waals surface area (Å²) in [5.41, 5.74) is 0.466. The molecule has 0 spiro atoms. The number of nitriles is 1. The molecule has 0 atom stereocenters. The van der Waals surface area contributed by atoms with Gasteiger partial charge in [-0.1, -0.05) is 0 Å². The number of hydrogen-bond donors (Lipinski definition) is 0. The smallest absolute Gasteiger partial charge is 0.207 e. The van der Waals surface area contributed by atoms with Gasteiger partial charge in [-0.05, 0) is 38.1 Å². The minimum absolute atomic E-state index is 0.0576. The first-order chi connectivity index (χ1) is 8.85. The average Bonchev–Trinajstić information content (AvgIpc) is 2.37. The lowest BCUT2D eigenvalue weighted by molar-refractivity contribution is 0.387. The van der Waals surface area contributed by atoms with Crippen LogP contribution in [0.15, 0.2) is 29.2 Å². The zero-order chi connectivity index (χ0) is 14.1. The highest BCUT2D eigenvalue weighted by Crippen LogP contribution is 2.32. The lowest BCUT2D eigenvalue weighted by Gasteiger charge is -2.36. The summed E-state index contributed by atoms with van der Waals surface area (Å²) >= 11 is 1.79. The van der Waals surface area contributed by atoms with Crippen LogP contribution < -0.4 is 0 Å². The van der Waals surface area contributed by atoms with Gasteiger partial charge in [0.15, 0.2) is 0 Å². The Morgan fingerprint density at radius 3 is 2.47 bits per heavy atom. The van der Waals surface area contributed by atoms with E-state index in [0.29, 0.717) is 18.7 Å². The summed E-state index contributed by atoms with van der Waals surface area (Å²) in [6, 6.07) is 8.07. The van der Waals surface area contributed by atoms with E-state index < -0.39 is 10.0 Å². The van der Waals surface area contributed by atoms with Gasteiger partial charge < -0.3 is 0 Å². The number of sulfonamides is 1. The second-order valence-corrected chi connectivity index (χ2v) is 8.82. The topological polar surface area (TPSA) is 61.2 Å². The minimum Gasteiger partial charge on any atom is -0.207 e. The van der Waals surface area contributed by atoms with Crippen molar-refractivity contribution in [1.82, 2.24) is 4.31 Å². The Balaban J connectivity index is 2.29. The average molecular weight is 296 g/mol. The normalized spacial score (nSPS) is 19.8. The zero-order valence-electron chi connectivity index (χ0n) is 11.0. The monoisotopic (exact) mass is 296 g/mol. The van der Waals surface area contributed by atoms with Crippen molar-refractivity contribution in [3.63, 3.8) is 0 Å². The quantitative estimate of drug-likeness (QED) is 0.838. The van der Waals surface area contributed by atoms with E-state index in [1.165, 1.54) is 28.6 Å². The lowest BCUT2D eigenvalue weighted by atomic mass is 10.2. The maximum absolute atomic E-state index is 12.5. The Morgan fingerprint density at radius 2 is 1.95 bits per heavy atom. The number of rotatable bonds is 2. The first-order valence-corrected chi connectivity index (χ1v) is 8.42. The van der Waals surface area contributed by atoms with Crippen LogP contribution in [0.2, 0.25) is 0 Å². The second-order valence-electron chi connectivity index (χ2n) is 5.08. The van der Waals surface area contributed by atoms with Crippen LogP contribution in [0.1, 0.15) is 19.4 Å². The van der Waals surface area contributed by atoms with Crippen LogP contribution in [0, 0.1) is 11.3 Å². The van der Waals surface area contributed by atoms with E-state index in [4.69, 9.17) is 5.26 Å². The Hall–Kier alpha value is -1.03. The molecule has 2 rings (SSSR count). The van der Waals surface area contributed by atoms with Gasteiger partial charge in [0.2, 0.25) is 10.0 Å². The van der Waals surface area contributed by atoms with Gasteiger partial charge in [0.05, 0.1) is 16.5 Å². The van der Waals surface area contributed by atoms with Crippen molar-refractivity contribution < 1.29 is 8.42 Å². The molecule has 19 heavy (non-hydrogen) atoms. The maximum Gasteiger partial charge on any atom is 0.243 e. The van der Waals surface area contributed by atoms with Crippen LogP contribution in [0.5, 0.6) is 0 Å². The van der Waals surface area contributed by atoms with E-state index in [9.17, 15) is 8.42 Å². The third-order valence-electron chi connectivity index (χ3n) is 3.01. The zero-order valence-corrected chi connectivity index (χ0v) is 12.6. The van der Waals surface area contributed by atoms with E-state index in [2.05, 4.69) is 13.8 Å². The largest absolute Gasteiger partial charge is 0.243 e. The van der Waals surface area contributed by atoms with Crippen LogP contribution in [-0.4, -0.2) is 36.3 Å². The molecule has 1 aliphatic heterocycles. The summed E-state index contributed by atoms with van der Waals surface area (Å²) in [4.78, 5) is 0.259. The molecule has 1 saturated heterocycles. The second kappa shape index (κ2) is 5.16. The summed E-state index contributed by atoms with van der Waals surface area (Å²) in [5.74, 6) is 0.808. The van der Waals surface area contributed by atoms with Crippen LogP contribution in [0.25, 0.3) is 0 Å². The van der Waals surface area contributed by atoms with Gasteiger partial charge in [-0.2, -0.15) is 21.3 Å².